The van der Waals surface area contributed by atoms with Crippen molar-refractivity contribution in [1.29, 1.82) is 0 Å². The number of benzene rings is 12. The number of ether oxygens (including phenoxy) is 1. The van der Waals surface area contributed by atoms with E-state index in [1.165, 1.54) is 0 Å². The number of hydrogen-bond donors (Lipinski definition) is 0. The third-order valence-corrected chi connectivity index (χ3v) is 22.8. The molecule has 0 aromatic heterocycles. The second-order valence-corrected chi connectivity index (χ2v) is 26.4. The molecule has 0 spiro atoms. The molecule has 0 radical (unpaired) electrons. The Morgan fingerprint density at radius 2 is 0.723 bits per heavy atom. The molecule has 0 saturated heterocycles. The van der Waals surface area contributed by atoms with E-state index in [0.29, 0.717) is 37.8 Å². The van der Waals surface area contributed by atoms with Crippen molar-refractivity contribution in [3.8, 4) is 50.3 Å². The first kappa shape index (κ1) is 52.5. The molecule has 0 bridgehead atoms. The van der Waals surface area contributed by atoms with Crippen LogP contribution in [0.15, 0.2) is 340 Å². The molecule has 0 unspecified atom stereocenters. The second-order valence-electron chi connectivity index (χ2n) is 20.7. The van der Waals surface area contributed by atoms with E-state index in [2.05, 4.69) is 176 Å². The molecule has 12 aromatic carbocycles. The van der Waals surface area contributed by atoms with Crippen molar-refractivity contribution in [2.75, 3.05) is 4.90 Å². The van der Waals surface area contributed by atoms with Gasteiger partial charge in [0.05, 0.1) is 11.4 Å². The van der Waals surface area contributed by atoms with Crippen LogP contribution in [0.4, 0.5) is 17.1 Å². The fraction of sp³-hybridized carbons (Fsp3) is 0.0130. The van der Waals surface area contributed by atoms with E-state index in [0.717, 1.165) is 72.7 Å². The van der Waals surface area contributed by atoms with Crippen LogP contribution in [0.25, 0.3) is 44.5 Å². The summed E-state index contributed by atoms with van der Waals surface area (Å²) >= 11 is 0. The standard InChI is InChI=1S/C77H57NO3P2/c1-3-56(2)81-76-52-49-66(82(79,62-35-17-7-18-36-62)63-37-19-8-20-38-63)55-73(76)77(83(80,64-39-21-9-22-40-64)65-41-23-10-24-42-65)71-53-59(69-45-27-25-43-67(69)57-29-11-4-12-30-57)47-50-74(71)78(61-33-15-6-16-34-61)75-51-48-60(54-72(75)77)70-46-28-26-44-68(70)58-31-13-5-14-32-58/h3-55H,1-2H2. The molecule has 0 aliphatic carbocycles. The van der Waals surface area contributed by atoms with Gasteiger partial charge in [-0.25, -0.2) is 0 Å². The van der Waals surface area contributed by atoms with Crippen molar-refractivity contribution in [3.63, 3.8) is 0 Å². The Bertz CT molecular complexity index is 4220. The highest BCUT2D eigenvalue weighted by Crippen LogP contribution is 2.74. The number of allylic oxidation sites excluding steroid dienone is 1. The third kappa shape index (κ3) is 9.05. The van der Waals surface area contributed by atoms with Gasteiger partial charge in [0.1, 0.15) is 16.7 Å². The molecule has 0 atom stereocenters. The molecule has 1 aliphatic rings. The molecule has 13 rings (SSSR count). The van der Waals surface area contributed by atoms with Gasteiger partial charge >= 0.3 is 0 Å². The lowest BCUT2D eigenvalue weighted by Gasteiger charge is -2.50. The molecule has 83 heavy (non-hydrogen) atoms. The average molecular weight is 1110 g/mol. The van der Waals surface area contributed by atoms with Crippen molar-refractivity contribution in [3.05, 3.63) is 357 Å². The molecule has 12 aromatic rings. The van der Waals surface area contributed by atoms with Gasteiger partial charge in [-0.15, -0.1) is 0 Å². The van der Waals surface area contributed by atoms with Crippen LogP contribution in [0, 0.1) is 0 Å². The summed E-state index contributed by atoms with van der Waals surface area (Å²) < 4.78 is 43.6. The van der Waals surface area contributed by atoms with Gasteiger partial charge in [0, 0.05) is 37.8 Å². The lowest BCUT2D eigenvalue weighted by Crippen LogP contribution is -2.43. The second kappa shape index (κ2) is 22.3. The van der Waals surface area contributed by atoms with Crippen LogP contribution in [-0.2, 0) is 14.3 Å². The van der Waals surface area contributed by atoms with Crippen LogP contribution >= 0.6 is 14.3 Å². The summed E-state index contributed by atoms with van der Waals surface area (Å²) in [6, 6.07) is 107. The average Bonchev–Trinajstić information content (AvgIpc) is 0.953. The van der Waals surface area contributed by atoms with E-state index in [1.807, 2.05) is 158 Å². The van der Waals surface area contributed by atoms with Crippen LogP contribution in [0.2, 0.25) is 0 Å². The normalized spacial score (nSPS) is 12.6. The minimum atomic E-state index is -4.34. The number of hydrogen-bond acceptors (Lipinski definition) is 4. The molecular formula is C77H57NO3P2. The maximum Gasteiger partial charge on any atom is 0.171 e. The predicted molar refractivity (Wildman–Crippen MR) is 348 cm³/mol. The van der Waals surface area contributed by atoms with Crippen molar-refractivity contribution in [1.82, 2.24) is 0 Å². The Morgan fingerprint density at radius 1 is 0.361 bits per heavy atom. The van der Waals surface area contributed by atoms with Crippen LogP contribution < -0.4 is 36.2 Å². The van der Waals surface area contributed by atoms with Gasteiger partial charge < -0.3 is 18.8 Å². The van der Waals surface area contributed by atoms with Crippen molar-refractivity contribution in [2.24, 2.45) is 0 Å². The summed E-state index contributed by atoms with van der Waals surface area (Å²) in [6.07, 6.45) is 1.59. The van der Waals surface area contributed by atoms with E-state index < -0.39 is 19.4 Å². The summed E-state index contributed by atoms with van der Waals surface area (Å²) in [6.45, 7) is 8.51. The van der Waals surface area contributed by atoms with Gasteiger partial charge in [0.2, 0.25) is 0 Å². The Kier molecular flexibility index (Phi) is 14.1. The monoisotopic (exact) mass is 1110 g/mol. The highest BCUT2D eigenvalue weighted by Gasteiger charge is 2.60. The molecule has 4 nitrogen and oxygen atoms in total. The summed E-state index contributed by atoms with van der Waals surface area (Å²) in [5.41, 5.74) is 12.6. The Labute approximate surface area is 486 Å². The van der Waals surface area contributed by atoms with Gasteiger partial charge in [-0.1, -0.05) is 274 Å². The molecule has 0 N–H and O–H groups in total. The zero-order valence-corrected chi connectivity index (χ0v) is 47.4. The molecule has 398 valence electrons. The maximum atomic E-state index is 19.4. The number of para-hydroxylation sites is 1. The first-order chi connectivity index (χ1) is 40.8. The first-order valence-electron chi connectivity index (χ1n) is 27.8. The predicted octanol–water partition coefficient (Wildman–Crippen LogP) is 18.2. The van der Waals surface area contributed by atoms with Gasteiger partial charge in [-0.3, -0.25) is 0 Å². The largest absolute Gasteiger partial charge is 0.458 e. The van der Waals surface area contributed by atoms with Crippen LogP contribution in [0.1, 0.15) is 16.7 Å². The molecule has 0 saturated carbocycles. The SMILES string of the molecule is C=CC(=C)Oc1ccc(P(=O)(c2ccccc2)c2ccccc2)cc1C1(P(=O)(c2ccccc2)c2ccccc2)c2cc(-c3ccccc3-c3ccccc3)ccc2N(c2ccccc2)c2ccc(-c3ccccc3-c3ccccc3)cc21. The maximum absolute atomic E-state index is 19.4. The van der Waals surface area contributed by atoms with Crippen LogP contribution in [0.5, 0.6) is 5.75 Å². The topological polar surface area (TPSA) is 46.6 Å². The summed E-state index contributed by atoms with van der Waals surface area (Å²) in [5, 5.41) is 1.36. The number of nitrogens with zero attached hydrogens (tertiary/aromatic N) is 1. The zero-order valence-electron chi connectivity index (χ0n) is 45.6. The fourth-order valence-electron chi connectivity index (χ4n) is 12.3. The lowest BCUT2D eigenvalue weighted by atomic mass is 9.76. The Hall–Kier alpha value is -9.82. The van der Waals surface area contributed by atoms with Crippen LogP contribution in [-0.4, -0.2) is 0 Å². The minimum absolute atomic E-state index is 0.288. The zero-order chi connectivity index (χ0) is 56.4. The van der Waals surface area contributed by atoms with Gasteiger partial charge in [-0.2, -0.15) is 0 Å². The van der Waals surface area contributed by atoms with Crippen LogP contribution in [0.3, 0.4) is 0 Å². The van der Waals surface area contributed by atoms with E-state index in [9.17, 15) is 0 Å². The van der Waals surface area contributed by atoms with Crippen molar-refractivity contribution in [2.45, 2.75) is 5.16 Å². The highest BCUT2D eigenvalue weighted by atomic mass is 31.2. The summed E-state index contributed by atoms with van der Waals surface area (Å²) in [7, 11) is -8.11. The van der Waals surface area contributed by atoms with E-state index in [-0.39, 0.29) is 5.76 Å². The molecule has 6 heteroatoms. The third-order valence-electron chi connectivity index (χ3n) is 16.1. The van der Waals surface area contributed by atoms with Gasteiger partial charge in [-0.05, 0) is 116 Å². The first-order valence-corrected chi connectivity index (χ1v) is 31.2. The number of anilines is 3. The number of rotatable bonds is 15. The fourth-order valence-corrected chi connectivity index (χ4v) is 18.8. The van der Waals surface area contributed by atoms with E-state index in [1.54, 1.807) is 6.08 Å². The Balaban J connectivity index is 1.28. The summed E-state index contributed by atoms with van der Waals surface area (Å²) in [5.74, 6) is 0.671. The van der Waals surface area contributed by atoms with Crippen molar-refractivity contribution < 1.29 is 13.9 Å². The van der Waals surface area contributed by atoms with Gasteiger partial charge in [0.25, 0.3) is 0 Å². The molecule has 1 aliphatic heterocycles. The minimum Gasteiger partial charge on any atom is -0.458 e. The quantitative estimate of drug-likeness (QED) is 0.0583. The summed E-state index contributed by atoms with van der Waals surface area (Å²) in [4.78, 5) is 2.31. The highest BCUT2D eigenvalue weighted by molar-refractivity contribution is 7.85. The Morgan fingerprint density at radius 3 is 1.13 bits per heavy atom. The van der Waals surface area contributed by atoms with Gasteiger partial charge in [0.15, 0.2) is 14.3 Å². The van der Waals surface area contributed by atoms with E-state index in [4.69, 9.17) is 4.74 Å². The molecular weight excluding hydrogens is 1050 g/mol. The lowest BCUT2D eigenvalue weighted by molar-refractivity contribution is 0.438. The van der Waals surface area contributed by atoms with Crippen molar-refractivity contribution >= 4 is 57.9 Å². The van der Waals surface area contributed by atoms with E-state index >= 15 is 9.13 Å². The molecule has 0 fully saturated rings. The smallest absolute Gasteiger partial charge is 0.171 e. The molecule has 1 heterocycles. The molecule has 0 amide bonds. The number of fused-ring (bicyclic) bond motifs is 2.